The van der Waals surface area contributed by atoms with Crippen LogP contribution in [0.5, 0.6) is 0 Å². The maximum Gasteiger partial charge on any atom is 0.325 e. The first-order valence-electron chi connectivity index (χ1n) is 4.14. The quantitative estimate of drug-likeness (QED) is 0.448. The van der Waals surface area contributed by atoms with E-state index >= 15 is 0 Å². The Bertz CT molecular complexity index is 208. The summed E-state index contributed by atoms with van der Waals surface area (Å²) in [5.41, 5.74) is 0. The van der Waals surface area contributed by atoms with E-state index in [0.717, 1.165) is 0 Å². The molecule has 0 saturated heterocycles. The van der Waals surface area contributed by atoms with Gasteiger partial charge in [-0.3, -0.25) is 10.1 Å². The van der Waals surface area contributed by atoms with Crippen LogP contribution in [0.4, 0.5) is 0 Å². The summed E-state index contributed by atoms with van der Waals surface area (Å²) >= 11 is -1.17. The number of carboxylic acid groups (broad SMARTS) is 1. The fraction of sp³-hybridized carbons (Fsp3) is 0.444. The summed E-state index contributed by atoms with van der Waals surface area (Å²) < 4.78 is 11.2. The number of hydrogen-bond donors (Lipinski definition) is 2. The van der Waals surface area contributed by atoms with E-state index in [2.05, 4.69) is 18.5 Å². The molecule has 4 nitrogen and oxygen atoms in total. The number of nitrogens with one attached hydrogen (secondary N) is 1. The third-order valence-electron chi connectivity index (χ3n) is 1.46. The smallest absolute Gasteiger partial charge is 0.325 e. The van der Waals surface area contributed by atoms with Crippen molar-refractivity contribution in [3.8, 4) is 0 Å². The maximum absolute atomic E-state index is 11.2. The molecule has 80 valence electrons. The van der Waals surface area contributed by atoms with E-state index < -0.39 is 23.2 Å². The molecule has 0 amide bonds. The fourth-order valence-electron chi connectivity index (χ4n) is 0.828. The Morgan fingerprint density at radius 2 is 2.21 bits per heavy atom. The van der Waals surface area contributed by atoms with Gasteiger partial charge in [-0.1, -0.05) is 12.7 Å². The van der Waals surface area contributed by atoms with Gasteiger partial charge in [-0.05, 0) is 17.3 Å². The molecule has 14 heavy (non-hydrogen) atoms. The monoisotopic (exact) mass is 217 g/mol. The van der Waals surface area contributed by atoms with Crippen LogP contribution < -0.4 is 5.32 Å². The van der Waals surface area contributed by atoms with Gasteiger partial charge in [0, 0.05) is 6.54 Å². The standard InChI is InChI=1S/C9H15NO3S/c1-3-5-10-8(9(11)12)7-14(13)6-4-2/h3-4,8,10H,1-2,5-7H2,(H,11,12)/t8-,14?/m0/s1. The highest BCUT2D eigenvalue weighted by Crippen LogP contribution is 1.96. The van der Waals surface area contributed by atoms with E-state index in [4.69, 9.17) is 5.11 Å². The largest absolute Gasteiger partial charge is 0.616 e. The number of carboxylic acids is 1. The zero-order valence-electron chi connectivity index (χ0n) is 7.94. The van der Waals surface area contributed by atoms with Gasteiger partial charge in [-0.2, -0.15) is 0 Å². The molecule has 0 saturated carbocycles. The lowest BCUT2D eigenvalue weighted by atomic mass is 10.3. The Labute approximate surface area is 86.9 Å². The average Bonchev–Trinajstić information content (AvgIpc) is 2.12. The molecule has 0 aliphatic carbocycles. The van der Waals surface area contributed by atoms with Crippen LogP contribution in [0.15, 0.2) is 25.3 Å². The van der Waals surface area contributed by atoms with E-state index in [1.165, 1.54) is 6.08 Å². The van der Waals surface area contributed by atoms with Gasteiger partial charge in [0.25, 0.3) is 0 Å². The molecule has 0 rings (SSSR count). The van der Waals surface area contributed by atoms with Crippen LogP contribution in [0.25, 0.3) is 0 Å². The van der Waals surface area contributed by atoms with Crippen molar-refractivity contribution in [2.75, 3.05) is 18.1 Å². The van der Waals surface area contributed by atoms with E-state index in [1.54, 1.807) is 6.08 Å². The van der Waals surface area contributed by atoms with Crippen LogP contribution in [0.1, 0.15) is 0 Å². The molecule has 2 N–H and O–H groups in total. The summed E-state index contributed by atoms with van der Waals surface area (Å²) in [7, 11) is 0. The minimum Gasteiger partial charge on any atom is -0.616 e. The molecule has 0 aromatic rings. The summed E-state index contributed by atoms with van der Waals surface area (Å²) in [6.07, 6.45) is 3.08. The highest BCUT2D eigenvalue weighted by Gasteiger charge is 2.21. The Morgan fingerprint density at radius 1 is 1.57 bits per heavy atom. The Morgan fingerprint density at radius 3 is 2.64 bits per heavy atom. The van der Waals surface area contributed by atoms with Gasteiger partial charge in [0.05, 0.1) is 0 Å². The molecule has 0 aromatic heterocycles. The average molecular weight is 217 g/mol. The van der Waals surface area contributed by atoms with Crippen molar-refractivity contribution in [2.24, 2.45) is 0 Å². The van der Waals surface area contributed by atoms with Gasteiger partial charge in [-0.25, -0.2) is 0 Å². The fourth-order valence-corrected chi connectivity index (χ4v) is 1.86. The first-order valence-corrected chi connectivity index (χ1v) is 5.63. The third-order valence-corrected chi connectivity index (χ3v) is 2.78. The highest BCUT2D eigenvalue weighted by molar-refractivity contribution is 7.91. The summed E-state index contributed by atoms with van der Waals surface area (Å²) in [4.78, 5) is 10.7. The first kappa shape index (κ1) is 13.2. The second kappa shape index (κ2) is 7.61. The van der Waals surface area contributed by atoms with Crippen LogP contribution in [-0.4, -0.2) is 39.7 Å². The van der Waals surface area contributed by atoms with E-state index in [-0.39, 0.29) is 5.75 Å². The molecule has 0 aliphatic rings. The molecular formula is C9H15NO3S. The highest BCUT2D eigenvalue weighted by atomic mass is 32.2. The lowest BCUT2D eigenvalue weighted by molar-refractivity contribution is -0.138. The van der Waals surface area contributed by atoms with Crippen LogP contribution in [0.3, 0.4) is 0 Å². The molecule has 1 unspecified atom stereocenters. The molecule has 0 aromatic carbocycles. The molecule has 0 spiro atoms. The number of carbonyl (C=O) groups is 1. The normalized spacial score (nSPS) is 14.4. The summed E-state index contributed by atoms with van der Waals surface area (Å²) in [5, 5.41) is 11.5. The van der Waals surface area contributed by atoms with Crippen LogP contribution in [-0.2, 0) is 16.0 Å². The van der Waals surface area contributed by atoms with Crippen molar-refractivity contribution >= 4 is 17.1 Å². The lowest BCUT2D eigenvalue weighted by Gasteiger charge is -2.15. The molecule has 0 aliphatic heterocycles. The van der Waals surface area contributed by atoms with E-state index in [1.807, 2.05) is 0 Å². The molecular weight excluding hydrogens is 202 g/mol. The number of aliphatic carboxylic acids is 1. The van der Waals surface area contributed by atoms with E-state index in [9.17, 15) is 9.35 Å². The van der Waals surface area contributed by atoms with Crippen LogP contribution in [0.2, 0.25) is 0 Å². The van der Waals surface area contributed by atoms with Crippen LogP contribution in [0, 0.1) is 0 Å². The van der Waals surface area contributed by atoms with Crippen LogP contribution >= 0.6 is 0 Å². The summed E-state index contributed by atoms with van der Waals surface area (Å²) in [6, 6.07) is -0.784. The number of hydrogen-bond acceptors (Lipinski definition) is 3. The van der Waals surface area contributed by atoms with Crippen molar-refractivity contribution in [1.82, 2.24) is 5.32 Å². The SMILES string of the molecule is C=CCN[C@@H](C[S+]([O-])CC=C)C(=O)O. The van der Waals surface area contributed by atoms with Gasteiger partial charge in [0.1, 0.15) is 11.5 Å². The zero-order chi connectivity index (χ0) is 11.0. The summed E-state index contributed by atoms with van der Waals surface area (Å²) in [6.45, 7) is 7.29. The number of rotatable bonds is 8. The Hall–Kier alpha value is -0.780. The minimum atomic E-state index is -1.17. The Kier molecular flexibility index (Phi) is 7.18. The van der Waals surface area contributed by atoms with Gasteiger partial charge < -0.3 is 9.66 Å². The summed E-state index contributed by atoms with van der Waals surface area (Å²) in [5.74, 6) is -0.585. The Balaban J connectivity index is 4.00. The third kappa shape index (κ3) is 5.80. The van der Waals surface area contributed by atoms with Gasteiger partial charge in [0.2, 0.25) is 0 Å². The van der Waals surface area contributed by atoms with Crippen molar-refractivity contribution in [3.63, 3.8) is 0 Å². The molecule has 0 bridgehead atoms. The van der Waals surface area contributed by atoms with Crippen molar-refractivity contribution in [2.45, 2.75) is 6.04 Å². The molecule has 5 heteroatoms. The minimum absolute atomic E-state index is 0.0925. The predicted octanol–water partition coefficient (Wildman–Crippen LogP) is 0.150. The lowest BCUT2D eigenvalue weighted by Crippen LogP contribution is -2.42. The predicted molar refractivity (Wildman–Crippen MR) is 57.7 cm³/mol. The second-order valence-corrected chi connectivity index (χ2v) is 4.20. The molecule has 2 atom stereocenters. The molecule has 0 radical (unpaired) electrons. The molecule has 0 fully saturated rings. The van der Waals surface area contributed by atoms with Gasteiger partial charge in [-0.15, -0.1) is 6.58 Å². The van der Waals surface area contributed by atoms with Crippen molar-refractivity contribution in [3.05, 3.63) is 25.3 Å². The van der Waals surface area contributed by atoms with Crippen molar-refractivity contribution < 1.29 is 14.5 Å². The molecule has 0 heterocycles. The topological polar surface area (TPSA) is 72.4 Å². The first-order chi connectivity index (χ1) is 6.61. The van der Waals surface area contributed by atoms with Gasteiger partial charge in [0.15, 0.2) is 6.04 Å². The second-order valence-electron chi connectivity index (χ2n) is 2.65. The van der Waals surface area contributed by atoms with Crippen molar-refractivity contribution in [1.29, 1.82) is 0 Å². The maximum atomic E-state index is 11.2. The van der Waals surface area contributed by atoms with E-state index in [0.29, 0.717) is 12.3 Å². The van der Waals surface area contributed by atoms with Gasteiger partial charge >= 0.3 is 5.97 Å². The zero-order valence-corrected chi connectivity index (χ0v) is 8.76.